The second-order valence-corrected chi connectivity index (χ2v) is 8.71. The van der Waals surface area contributed by atoms with Gasteiger partial charge in [-0.2, -0.15) is 0 Å². The van der Waals surface area contributed by atoms with Crippen molar-refractivity contribution in [3.8, 4) is 0 Å². The summed E-state index contributed by atoms with van der Waals surface area (Å²) in [6.07, 6.45) is 11.3. The molecule has 0 aromatic rings. The van der Waals surface area contributed by atoms with E-state index in [0.29, 0.717) is 17.4 Å². The molecule has 1 unspecified atom stereocenters. The lowest BCUT2D eigenvalue weighted by atomic mass is 9.80. The van der Waals surface area contributed by atoms with Crippen LogP contribution in [0, 0.1) is 5.41 Å². The van der Waals surface area contributed by atoms with Crippen LogP contribution >= 0.6 is 0 Å². The number of likely N-dealkylation sites (tertiary alicyclic amines) is 1. The van der Waals surface area contributed by atoms with Gasteiger partial charge in [0.1, 0.15) is 0 Å². The fourth-order valence-corrected chi connectivity index (χ4v) is 4.97. The molecule has 0 bridgehead atoms. The molecule has 0 aromatic heterocycles. The van der Waals surface area contributed by atoms with Crippen LogP contribution in [0.4, 0.5) is 0 Å². The van der Waals surface area contributed by atoms with E-state index in [4.69, 9.17) is 0 Å². The fourth-order valence-electron chi connectivity index (χ4n) is 4.97. The van der Waals surface area contributed by atoms with Gasteiger partial charge in [0, 0.05) is 51.7 Å². The average Bonchev–Trinajstić information content (AvgIpc) is 2.86. The van der Waals surface area contributed by atoms with Crippen molar-refractivity contribution in [1.82, 2.24) is 14.7 Å². The minimum atomic E-state index is 0.414. The van der Waals surface area contributed by atoms with E-state index in [-0.39, 0.29) is 0 Å². The highest BCUT2D eigenvalue weighted by Gasteiger charge is 2.39. The summed E-state index contributed by atoms with van der Waals surface area (Å²) in [5.74, 6) is 0.414. The van der Waals surface area contributed by atoms with Crippen LogP contribution < -0.4 is 0 Å². The molecule has 2 saturated heterocycles. The molecule has 4 nitrogen and oxygen atoms in total. The van der Waals surface area contributed by atoms with Crippen molar-refractivity contribution in [2.45, 2.75) is 70.8 Å². The highest BCUT2D eigenvalue weighted by molar-refractivity contribution is 5.76. The van der Waals surface area contributed by atoms with Crippen LogP contribution in [-0.2, 0) is 4.79 Å². The van der Waals surface area contributed by atoms with Gasteiger partial charge in [0.25, 0.3) is 0 Å². The smallest absolute Gasteiger partial charge is 0.222 e. The zero-order chi connectivity index (χ0) is 17.0. The molecular weight excluding hydrogens is 298 g/mol. The van der Waals surface area contributed by atoms with Crippen LogP contribution in [0.15, 0.2) is 0 Å². The molecule has 2 aliphatic heterocycles. The molecule has 0 aromatic carbocycles. The highest BCUT2D eigenvalue weighted by atomic mass is 16.2. The standard InChI is InChI=1S/C20H37N3O/c1-18(22-15-13-21(2)14-16-22)7-8-19(24)23-12-11-20(17-23)9-5-3-4-6-10-20/h18H,3-17H2,1-2H3. The van der Waals surface area contributed by atoms with E-state index in [1.165, 1.54) is 44.9 Å². The van der Waals surface area contributed by atoms with E-state index < -0.39 is 0 Å². The molecule has 3 aliphatic rings. The topological polar surface area (TPSA) is 26.8 Å². The van der Waals surface area contributed by atoms with E-state index in [1.807, 2.05) is 0 Å². The Morgan fingerprint density at radius 1 is 0.958 bits per heavy atom. The summed E-state index contributed by atoms with van der Waals surface area (Å²) in [6, 6.07) is 0.539. The monoisotopic (exact) mass is 335 g/mol. The van der Waals surface area contributed by atoms with Crippen LogP contribution in [0.3, 0.4) is 0 Å². The first-order valence-electron chi connectivity index (χ1n) is 10.3. The predicted molar refractivity (Wildman–Crippen MR) is 99.1 cm³/mol. The molecule has 1 aliphatic carbocycles. The molecule has 4 heteroatoms. The van der Waals surface area contributed by atoms with Gasteiger partial charge in [-0.05, 0) is 45.1 Å². The Bertz CT molecular complexity index is 409. The number of likely N-dealkylation sites (N-methyl/N-ethyl adjacent to an activating group) is 1. The largest absolute Gasteiger partial charge is 0.342 e. The first-order valence-corrected chi connectivity index (χ1v) is 10.3. The first-order chi connectivity index (χ1) is 11.6. The normalized spacial score (nSPS) is 27.3. The molecule has 24 heavy (non-hydrogen) atoms. The number of carbonyl (C=O) groups excluding carboxylic acids is 1. The van der Waals surface area contributed by atoms with Crippen molar-refractivity contribution >= 4 is 5.91 Å². The maximum atomic E-state index is 12.7. The minimum absolute atomic E-state index is 0.414. The Balaban J connectivity index is 1.42. The molecular formula is C20H37N3O. The molecule has 0 N–H and O–H groups in total. The van der Waals surface area contributed by atoms with Crippen molar-refractivity contribution < 1.29 is 4.79 Å². The summed E-state index contributed by atoms with van der Waals surface area (Å²) in [6.45, 7) is 8.99. The lowest BCUT2D eigenvalue weighted by Gasteiger charge is -2.36. The summed E-state index contributed by atoms with van der Waals surface area (Å²) in [5, 5.41) is 0. The Hall–Kier alpha value is -0.610. The second kappa shape index (κ2) is 8.18. The molecule has 1 saturated carbocycles. The van der Waals surface area contributed by atoms with Crippen LogP contribution in [0.5, 0.6) is 0 Å². The van der Waals surface area contributed by atoms with Crippen LogP contribution in [-0.4, -0.2) is 73.0 Å². The third-order valence-electron chi connectivity index (χ3n) is 6.89. The Labute approximate surface area is 148 Å². The van der Waals surface area contributed by atoms with E-state index in [2.05, 4.69) is 28.7 Å². The Kier molecular flexibility index (Phi) is 6.20. The summed E-state index contributed by atoms with van der Waals surface area (Å²) in [4.78, 5) is 19.8. The molecule has 2 heterocycles. The van der Waals surface area contributed by atoms with Crippen molar-refractivity contribution in [1.29, 1.82) is 0 Å². The molecule has 138 valence electrons. The quantitative estimate of drug-likeness (QED) is 0.790. The fraction of sp³-hybridized carbons (Fsp3) is 0.950. The van der Waals surface area contributed by atoms with Crippen molar-refractivity contribution in [3.63, 3.8) is 0 Å². The van der Waals surface area contributed by atoms with Crippen LogP contribution in [0.1, 0.15) is 64.7 Å². The number of hydrogen-bond donors (Lipinski definition) is 0. The van der Waals surface area contributed by atoms with Gasteiger partial charge in [0.05, 0.1) is 0 Å². The maximum Gasteiger partial charge on any atom is 0.222 e. The molecule has 3 fully saturated rings. The average molecular weight is 336 g/mol. The van der Waals surface area contributed by atoms with E-state index in [1.54, 1.807) is 0 Å². The number of amides is 1. The molecule has 3 rings (SSSR count). The highest BCUT2D eigenvalue weighted by Crippen LogP contribution is 2.42. The maximum absolute atomic E-state index is 12.7. The third kappa shape index (κ3) is 4.51. The van der Waals surface area contributed by atoms with Gasteiger partial charge in [-0.15, -0.1) is 0 Å². The van der Waals surface area contributed by atoms with Crippen molar-refractivity contribution in [3.05, 3.63) is 0 Å². The predicted octanol–water partition coefficient (Wildman–Crippen LogP) is 2.98. The number of piperazine rings is 1. The Morgan fingerprint density at radius 3 is 2.29 bits per heavy atom. The van der Waals surface area contributed by atoms with Gasteiger partial charge in [-0.25, -0.2) is 0 Å². The van der Waals surface area contributed by atoms with Gasteiger partial charge in [-0.3, -0.25) is 9.69 Å². The number of nitrogens with zero attached hydrogens (tertiary/aromatic N) is 3. The lowest BCUT2D eigenvalue weighted by molar-refractivity contribution is -0.131. The lowest BCUT2D eigenvalue weighted by Crippen LogP contribution is -2.48. The van der Waals surface area contributed by atoms with Gasteiger partial charge in [0.15, 0.2) is 0 Å². The summed E-state index contributed by atoms with van der Waals surface area (Å²) in [7, 11) is 2.20. The molecule has 0 radical (unpaired) electrons. The molecule has 1 atom stereocenters. The second-order valence-electron chi connectivity index (χ2n) is 8.71. The van der Waals surface area contributed by atoms with Crippen LogP contribution in [0.2, 0.25) is 0 Å². The number of rotatable bonds is 4. The zero-order valence-corrected chi connectivity index (χ0v) is 15.9. The number of hydrogen-bond acceptors (Lipinski definition) is 3. The van der Waals surface area contributed by atoms with Crippen molar-refractivity contribution in [2.24, 2.45) is 5.41 Å². The summed E-state index contributed by atoms with van der Waals surface area (Å²) in [5.41, 5.74) is 0.481. The van der Waals surface area contributed by atoms with Crippen molar-refractivity contribution in [2.75, 3.05) is 46.3 Å². The summed E-state index contributed by atoms with van der Waals surface area (Å²) < 4.78 is 0. The van der Waals surface area contributed by atoms with E-state index in [0.717, 1.165) is 52.1 Å². The minimum Gasteiger partial charge on any atom is -0.342 e. The van der Waals surface area contributed by atoms with Gasteiger partial charge >= 0.3 is 0 Å². The van der Waals surface area contributed by atoms with Gasteiger partial charge in [-0.1, -0.05) is 25.7 Å². The van der Waals surface area contributed by atoms with E-state index >= 15 is 0 Å². The summed E-state index contributed by atoms with van der Waals surface area (Å²) >= 11 is 0. The number of carbonyl (C=O) groups is 1. The Morgan fingerprint density at radius 2 is 1.62 bits per heavy atom. The van der Waals surface area contributed by atoms with Gasteiger partial charge < -0.3 is 9.80 Å². The SMILES string of the molecule is CC(CCC(=O)N1CCC2(CCCCCC2)C1)N1CCN(C)CC1. The first kappa shape index (κ1) is 18.2. The molecule has 1 amide bonds. The third-order valence-corrected chi connectivity index (χ3v) is 6.89. The van der Waals surface area contributed by atoms with Crippen LogP contribution in [0.25, 0.3) is 0 Å². The zero-order valence-electron chi connectivity index (χ0n) is 15.9. The van der Waals surface area contributed by atoms with E-state index in [9.17, 15) is 4.79 Å². The molecule has 1 spiro atoms. The van der Waals surface area contributed by atoms with Gasteiger partial charge in [0.2, 0.25) is 5.91 Å².